The fourth-order valence-electron chi connectivity index (χ4n) is 3.73. The molecule has 0 unspecified atom stereocenters. The SMILES string of the molecule is CCCCn1c(SCc2nnc(-c3c(-c4ccccc4)noc3C)o2)nc2ccccc2c1=O. The first-order valence-electron chi connectivity index (χ1n) is 11.1. The van der Waals surface area contributed by atoms with Gasteiger partial charge in [0.25, 0.3) is 11.4 Å². The van der Waals surface area contributed by atoms with Gasteiger partial charge in [-0.25, -0.2) is 4.98 Å². The second-order valence-corrected chi connectivity index (χ2v) is 8.78. The van der Waals surface area contributed by atoms with Crippen molar-refractivity contribution >= 4 is 22.7 Å². The average Bonchev–Trinajstić information content (AvgIpc) is 3.49. The number of unbranched alkanes of at least 4 members (excludes halogenated alkanes) is 1. The Morgan fingerprint density at radius 2 is 1.82 bits per heavy atom. The van der Waals surface area contributed by atoms with Crippen LogP contribution in [-0.2, 0) is 12.3 Å². The normalized spacial score (nSPS) is 11.4. The third kappa shape index (κ3) is 4.26. The highest BCUT2D eigenvalue weighted by molar-refractivity contribution is 7.98. The topological polar surface area (TPSA) is 99.8 Å². The Hall–Kier alpha value is -3.72. The molecule has 0 spiro atoms. The van der Waals surface area contributed by atoms with Gasteiger partial charge in [-0.3, -0.25) is 9.36 Å². The number of para-hydroxylation sites is 1. The molecule has 0 amide bonds. The maximum absolute atomic E-state index is 13.1. The highest BCUT2D eigenvalue weighted by Gasteiger charge is 2.22. The molecule has 0 atom stereocenters. The number of aryl methyl sites for hydroxylation is 1. The Bertz CT molecular complexity index is 1490. The Morgan fingerprint density at radius 1 is 1.03 bits per heavy atom. The quantitative estimate of drug-likeness (QED) is 0.215. The van der Waals surface area contributed by atoms with Crippen molar-refractivity contribution in [3.05, 3.63) is 76.6 Å². The van der Waals surface area contributed by atoms with E-state index in [2.05, 4.69) is 22.3 Å². The molecule has 3 heterocycles. The fraction of sp³-hybridized carbons (Fsp3) is 0.240. The van der Waals surface area contributed by atoms with Crippen LogP contribution in [-0.4, -0.2) is 24.9 Å². The van der Waals surface area contributed by atoms with Crippen molar-refractivity contribution < 1.29 is 8.94 Å². The second-order valence-electron chi connectivity index (χ2n) is 7.84. The minimum absolute atomic E-state index is 0.0274. The number of benzene rings is 2. The van der Waals surface area contributed by atoms with Gasteiger partial charge in [-0.1, -0.05) is 72.7 Å². The highest BCUT2D eigenvalue weighted by Crippen LogP contribution is 2.34. The van der Waals surface area contributed by atoms with E-state index in [-0.39, 0.29) is 5.56 Å². The number of hydrogen-bond donors (Lipinski definition) is 0. The molecule has 0 radical (unpaired) electrons. The zero-order chi connectivity index (χ0) is 23.5. The Labute approximate surface area is 200 Å². The first-order valence-corrected chi connectivity index (χ1v) is 12.1. The summed E-state index contributed by atoms with van der Waals surface area (Å²) in [6, 6.07) is 17.1. The molecule has 5 rings (SSSR count). The summed E-state index contributed by atoms with van der Waals surface area (Å²) < 4.78 is 13.1. The van der Waals surface area contributed by atoms with Gasteiger partial charge in [-0.15, -0.1) is 10.2 Å². The molecule has 0 fully saturated rings. The molecule has 8 nitrogen and oxygen atoms in total. The lowest BCUT2D eigenvalue weighted by atomic mass is 10.1. The van der Waals surface area contributed by atoms with Crippen molar-refractivity contribution in [1.29, 1.82) is 0 Å². The van der Waals surface area contributed by atoms with Crippen LogP contribution in [0, 0.1) is 6.92 Å². The van der Waals surface area contributed by atoms with Gasteiger partial charge in [-0.2, -0.15) is 0 Å². The fourth-order valence-corrected chi connectivity index (χ4v) is 4.59. The van der Waals surface area contributed by atoms with Crippen LogP contribution in [0.15, 0.2) is 73.5 Å². The van der Waals surface area contributed by atoms with Crippen LogP contribution in [0.4, 0.5) is 0 Å². The van der Waals surface area contributed by atoms with Gasteiger partial charge in [0.05, 0.1) is 16.7 Å². The zero-order valence-corrected chi connectivity index (χ0v) is 19.7. The molecule has 34 heavy (non-hydrogen) atoms. The first kappa shape index (κ1) is 22.1. The van der Waals surface area contributed by atoms with E-state index in [4.69, 9.17) is 13.9 Å². The molecular formula is C25H23N5O3S. The van der Waals surface area contributed by atoms with Gasteiger partial charge in [-0.05, 0) is 25.5 Å². The molecule has 0 saturated carbocycles. The van der Waals surface area contributed by atoms with E-state index in [0.29, 0.717) is 57.2 Å². The Kier molecular flexibility index (Phi) is 6.27. The van der Waals surface area contributed by atoms with Crippen LogP contribution in [0.3, 0.4) is 0 Å². The summed E-state index contributed by atoms with van der Waals surface area (Å²) in [4.78, 5) is 17.8. The number of thioether (sulfide) groups is 1. The monoisotopic (exact) mass is 473 g/mol. The summed E-state index contributed by atoms with van der Waals surface area (Å²) in [6.45, 7) is 4.53. The molecule has 9 heteroatoms. The van der Waals surface area contributed by atoms with Crippen LogP contribution < -0.4 is 5.56 Å². The van der Waals surface area contributed by atoms with Crippen molar-refractivity contribution in [2.45, 2.75) is 44.1 Å². The molecule has 5 aromatic rings. The standard InChI is InChI=1S/C25H23N5O3S/c1-3-4-14-30-24(31)18-12-8-9-13-19(18)26-25(30)34-15-20-27-28-23(32-20)21-16(2)33-29-22(21)17-10-6-5-7-11-17/h5-13H,3-4,14-15H2,1-2H3. The predicted octanol–water partition coefficient (Wildman–Crippen LogP) is 5.50. The van der Waals surface area contributed by atoms with E-state index in [1.165, 1.54) is 11.8 Å². The lowest BCUT2D eigenvalue weighted by molar-refractivity contribution is 0.399. The molecule has 0 saturated heterocycles. The second kappa shape index (κ2) is 9.64. The van der Waals surface area contributed by atoms with Gasteiger partial charge < -0.3 is 8.94 Å². The number of nitrogens with zero attached hydrogens (tertiary/aromatic N) is 5. The summed E-state index contributed by atoms with van der Waals surface area (Å²) in [5.41, 5.74) is 2.90. The van der Waals surface area contributed by atoms with Crippen LogP contribution in [0.2, 0.25) is 0 Å². The van der Waals surface area contributed by atoms with E-state index in [1.807, 2.05) is 61.5 Å². The maximum atomic E-state index is 13.1. The molecule has 0 bridgehead atoms. The van der Waals surface area contributed by atoms with Crippen LogP contribution >= 0.6 is 11.8 Å². The molecule has 0 aliphatic heterocycles. The number of rotatable bonds is 8. The lowest BCUT2D eigenvalue weighted by Crippen LogP contribution is -2.23. The Morgan fingerprint density at radius 3 is 2.65 bits per heavy atom. The minimum Gasteiger partial charge on any atom is -0.420 e. The van der Waals surface area contributed by atoms with Gasteiger partial charge in [0, 0.05) is 12.1 Å². The summed E-state index contributed by atoms with van der Waals surface area (Å²) in [6.07, 6.45) is 1.88. The van der Waals surface area contributed by atoms with Gasteiger partial charge in [0.2, 0.25) is 5.89 Å². The van der Waals surface area contributed by atoms with Crippen LogP contribution in [0.25, 0.3) is 33.6 Å². The van der Waals surface area contributed by atoms with Crippen LogP contribution in [0.1, 0.15) is 31.4 Å². The van der Waals surface area contributed by atoms with Gasteiger partial charge >= 0.3 is 0 Å². The lowest BCUT2D eigenvalue weighted by Gasteiger charge is -2.12. The molecular weight excluding hydrogens is 450 g/mol. The highest BCUT2D eigenvalue weighted by atomic mass is 32.2. The number of aromatic nitrogens is 5. The van der Waals surface area contributed by atoms with E-state index >= 15 is 0 Å². The smallest absolute Gasteiger partial charge is 0.262 e. The third-order valence-corrected chi connectivity index (χ3v) is 6.44. The molecule has 0 aliphatic carbocycles. The molecule has 3 aromatic heterocycles. The summed E-state index contributed by atoms with van der Waals surface area (Å²) in [7, 11) is 0. The van der Waals surface area contributed by atoms with E-state index in [0.717, 1.165) is 18.4 Å². The molecule has 0 aliphatic rings. The number of fused-ring (bicyclic) bond motifs is 1. The van der Waals surface area contributed by atoms with Crippen molar-refractivity contribution in [3.63, 3.8) is 0 Å². The summed E-state index contributed by atoms with van der Waals surface area (Å²) in [5, 5.41) is 13.9. The largest absolute Gasteiger partial charge is 0.420 e. The minimum atomic E-state index is -0.0274. The average molecular weight is 474 g/mol. The van der Waals surface area contributed by atoms with E-state index in [1.54, 1.807) is 4.57 Å². The first-order chi connectivity index (χ1) is 16.7. The van der Waals surface area contributed by atoms with Crippen molar-refractivity contribution in [3.8, 4) is 22.7 Å². The maximum Gasteiger partial charge on any atom is 0.262 e. The predicted molar refractivity (Wildman–Crippen MR) is 130 cm³/mol. The molecule has 2 aromatic carbocycles. The van der Waals surface area contributed by atoms with Crippen molar-refractivity contribution in [2.24, 2.45) is 0 Å². The van der Waals surface area contributed by atoms with Gasteiger partial charge in [0.1, 0.15) is 17.0 Å². The van der Waals surface area contributed by atoms with Gasteiger partial charge in [0.15, 0.2) is 5.16 Å². The Balaban J connectivity index is 1.43. The zero-order valence-electron chi connectivity index (χ0n) is 18.9. The summed E-state index contributed by atoms with van der Waals surface area (Å²) in [5.74, 6) is 1.77. The number of hydrogen-bond acceptors (Lipinski definition) is 8. The molecule has 0 N–H and O–H groups in total. The third-order valence-electron chi connectivity index (χ3n) is 5.48. The van der Waals surface area contributed by atoms with Crippen LogP contribution in [0.5, 0.6) is 0 Å². The van der Waals surface area contributed by atoms with Crippen molar-refractivity contribution in [2.75, 3.05) is 0 Å². The molecule has 172 valence electrons. The van der Waals surface area contributed by atoms with Crippen molar-refractivity contribution in [1.82, 2.24) is 24.9 Å². The van der Waals surface area contributed by atoms with E-state index < -0.39 is 0 Å². The van der Waals surface area contributed by atoms with E-state index in [9.17, 15) is 4.79 Å². The summed E-state index contributed by atoms with van der Waals surface area (Å²) >= 11 is 1.41.